The smallest absolute Gasteiger partial charge is 0.336 e. The van der Waals surface area contributed by atoms with E-state index < -0.39 is 10.9 Å². The molecule has 0 amide bonds. The van der Waals surface area contributed by atoms with Crippen molar-refractivity contribution in [3.8, 4) is 16.9 Å². The molecule has 2 N–H and O–H groups in total. The number of hydrogen-bond donors (Lipinski definition) is 2. The van der Waals surface area contributed by atoms with Crippen molar-refractivity contribution in [1.29, 1.82) is 0 Å². The lowest BCUT2D eigenvalue weighted by molar-refractivity contribution is -0.384. The van der Waals surface area contributed by atoms with Gasteiger partial charge in [-0.3, -0.25) is 10.1 Å². The molecule has 0 aromatic heterocycles. The molecule has 2 aromatic carbocycles. The lowest BCUT2D eigenvalue weighted by atomic mass is 9.99. The molecule has 0 heterocycles. The van der Waals surface area contributed by atoms with Gasteiger partial charge in [-0.2, -0.15) is 0 Å². The zero-order chi connectivity index (χ0) is 14.0. The summed E-state index contributed by atoms with van der Waals surface area (Å²) in [4.78, 5) is 21.2. The molecule has 0 radical (unpaired) electrons. The number of non-ortho nitro benzene ring substituents is 1. The Bertz CT molecular complexity index is 666. The number of nitro benzene ring substituents is 1. The van der Waals surface area contributed by atoms with Crippen molar-refractivity contribution >= 4 is 11.7 Å². The van der Waals surface area contributed by atoms with E-state index in [1.165, 1.54) is 24.3 Å². The Labute approximate surface area is 107 Å². The van der Waals surface area contributed by atoms with Crippen molar-refractivity contribution in [3.63, 3.8) is 0 Å². The molecule has 0 fully saturated rings. The van der Waals surface area contributed by atoms with Crippen molar-refractivity contribution in [2.24, 2.45) is 0 Å². The van der Waals surface area contributed by atoms with Crippen LogP contribution in [0.5, 0.6) is 5.75 Å². The second kappa shape index (κ2) is 4.77. The fourth-order valence-electron chi connectivity index (χ4n) is 1.75. The van der Waals surface area contributed by atoms with Gasteiger partial charge in [0.15, 0.2) is 0 Å². The van der Waals surface area contributed by atoms with Crippen LogP contribution in [0, 0.1) is 10.1 Å². The largest absolute Gasteiger partial charge is 0.508 e. The number of carbonyl (C=O) groups is 1. The third-order valence-electron chi connectivity index (χ3n) is 2.60. The van der Waals surface area contributed by atoms with Gasteiger partial charge in [0, 0.05) is 12.1 Å². The van der Waals surface area contributed by atoms with E-state index in [9.17, 15) is 20.0 Å². The summed E-state index contributed by atoms with van der Waals surface area (Å²) in [6, 6.07) is 9.62. The second-order valence-corrected chi connectivity index (χ2v) is 3.84. The Morgan fingerprint density at radius 3 is 2.47 bits per heavy atom. The Hall–Kier alpha value is -2.89. The average Bonchev–Trinajstić information content (AvgIpc) is 2.37. The molecule has 6 nitrogen and oxygen atoms in total. The van der Waals surface area contributed by atoms with Gasteiger partial charge >= 0.3 is 5.97 Å². The number of hydrogen-bond acceptors (Lipinski definition) is 4. The first-order valence-corrected chi connectivity index (χ1v) is 5.30. The van der Waals surface area contributed by atoms with Crippen LogP contribution >= 0.6 is 0 Å². The van der Waals surface area contributed by atoms with Crippen molar-refractivity contribution in [2.45, 2.75) is 0 Å². The van der Waals surface area contributed by atoms with Gasteiger partial charge in [-0.05, 0) is 29.3 Å². The van der Waals surface area contributed by atoms with E-state index in [1.54, 1.807) is 12.1 Å². The van der Waals surface area contributed by atoms with Crippen LogP contribution in [0.15, 0.2) is 42.5 Å². The first-order chi connectivity index (χ1) is 8.99. The number of carboxylic acids is 1. The molecule has 2 aromatic rings. The second-order valence-electron chi connectivity index (χ2n) is 3.84. The van der Waals surface area contributed by atoms with Crippen molar-refractivity contribution < 1.29 is 19.9 Å². The molecule has 0 aliphatic rings. The number of benzene rings is 2. The van der Waals surface area contributed by atoms with Crippen molar-refractivity contribution in [1.82, 2.24) is 0 Å². The van der Waals surface area contributed by atoms with Crippen LogP contribution in [0.2, 0.25) is 0 Å². The van der Waals surface area contributed by atoms with Crippen LogP contribution in [0.1, 0.15) is 10.4 Å². The van der Waals surface area contributed by atoms with Crippen LogP contribution in [-0.2, 0) is 0 Å². The molecule has 0 bridgehead atoms. The molecule has 2 rings (SSSR count). The number of rotatable bonds is 3. The van der Waals surface area contributed by atoms with Gasteiger partial charge in [0.25, 0.3) is 5.69 Å². The van der Waals surface area contributed by atoms with Crippen LogP contribution < -0.4 is 0 Å². The minimum absolute atomic E-state index is 0.00723. The van der Waals surface area contributed by atoms with E-state index in [0.29, 0.717) is 11.1 Å². The maximum atomic E-state index is 11.2. The highest BCUT2D eigenvalue weighted by Gasteiger charge is 2.17. The molecular formula is C13H9NO5. The Morgan fingerprint density at radius 2 is 1.89 bits per heavy atom. The van der Waals surface area contributed by atoms with Gasteiger partial charge in [0.1, 0.15) is 5.75 Å². The molecule has 6 heteroatoms. The maximum absolute atomic E-state index is 11.2. The normalized spacial score (nSPS) is 10.1. The van der Waals surface area contributed by atoms with Gasteiger partial charge in [-0.1, -0.05) is 12.1 Å². The summed E-state index contributed by atoms with van der Waals surface area (Å²) in [7, 11) is 0. The molecular weight excluding hydrogens is 250 g/mol. The van der Waals surface area contributed by atoms with Crippen LogP contribution in [-0.4, -0.2) is 21.1 Å². The topological polar surface area (TPSA) is 101 Å². The van der Waals surface area contributed by atoms with Gasteiger partial charge in [0.05, 0.1) is 10.5 Å². The fraction of sp³-hybridized carbons (Fsp3) is 0. The Balaban J connectivity index is 2.63. The minimum atomic E-state index is -1.26. The van der Waals surface area contributed by atoms with E-state index in [2.05, 4.69) is 0 Å². The van der Waals surface area contributed by atoms with Crippen molar-refractivity contribution in [3.05, 3.63) is 58.1 Å². The summed E-state index contributed by atoms with van der Waals surface area (Å²) in [5.41, 5.74) is 0.322. The average molecular weight is 259 g/mol. The molecule has 0 aliphatic heterocycles. The first-order valence-electron chi connectivity index (χ1n) is 5.30. The predicted octanol–water partition coefficient (Wildman–Crippen LogP) is 2.67. The number of phenolic OH excluding ortho intramolecular Hbond substituents is 1. The quantitative estimate of drug-likeness (QED) is 0.651. The third-order valence-corrected chi connectivity index (χ3v) is 2.60. The highest BCUT2D eigenvalue weighted by atomic mass is 16.6. The zero-order valence-corrected chi connectivity index (χ0v) is 9.61. The van der Waals surface area contributed by atoms with Crippen molar-refractivity contribution in [2.75, 3.05) is 0 Å². The van der Waals surface area contributed by atoms with Gasteiger partial charge in [-0.15, -0.1) is 0 Å². The molecule has 0 saturated heterocycles. The predicted molar refractivity (Wildman–Crippen MR) is 67.2 cm³/mol. The Kier molecular flexibility index (Phi) is 3.15. The summed E-state index contributed by atoms with van der Waals surface area (Å²) in [6.07, 6.45) is 0. The van der Waals surface area contributed by atoms with Crippen LogP contribution in [0.3, 0.4) is 0 Å². The number of nitrogens with zero attached hydrogens (tertiary/aromatic N) is 1. The van der Waals surface area contributed by atoms with Crippen LogP contribution in [0.4, 0.5) is 5.69 Å². The maximum Gasteiger partial charge on any atom is 0.336 e. The number of phenols is 1. The van der Waals surface area contributed by atoms with E-state index in [1.807, 2.05) is 0 Å². The molecule has 0 saturated carbocycles. The highest BCUT2D eigenvalue weighted by molar-refractivity contribution is 5.97. The SMILES string of the molecule is O=C(O)c1cc([N+](=O)[O-])ccc1-c1cccc(O)c1. The zero-order valence-electron chi connectivity index (χ0n) is 9.61. The standard InChI is InChI=1S/C13H9NO5/c15-10-3-1-2-8(6-10)11-5-4-9(14(18)19)7-12(11)13(16)17/h1-7,15H,(H,16,17). The molecule has 0 unspecified atom stereocenters. The summed E-state index contributed by atoms with van der Waals surface area (Å²) >= 11 is 0. The monoisotopic (exact) mass is 259 g/mol. The lowest BCUT2D eigenvalue weighted by Gasteiger charge is -2.06. The minimum Gasteiger partial charge on any atom is -0.508 e. The molecule has 0 atom stereocenters. The van der Waals surface area contributed by atoms with E-state index >= 15 is 0 Å². The molecule has 0 spiro atoms. The van der Waals surface area contributed by atoms with E-state index in [4.69, 9.17) is 5.11 Å². The number of nitro groups is 1. The molecule has 0 aliphatic carbocycles. The van der Waals surface area contributed by atoms with E-state index in [0.717, 1.165) is 6.07 Å². The first kappa shape index (κ1) is 12.6. The number of carboxylic acid groups (broad SMARTS) is 1. The molecule has 19 heavy (non-hydrogen) atoms. The highest BCUT2D eigenvalue weighted by Crippen LogP contribution is 2.29. The van der Waals surface area contributed by atoms with Gasteiger partial charge in [0.2, 0.25) is 0 Å². The third kappa shape index (κ3) is 2.52. The summed E-state index contributed by atoms with van der Waals surface area (Å²) < 4.78 is 0. The Morgan fingerprint density at radius 1 is 1.16 bits per heavy atom. The number of aromatic hydroxyl groups is 1. The molecule has 96 valence electrons. The van der Waals surface area contributed by atoms with E-state index in [-0.39, 0.29) is 17.0 Å². The van der Waals surface area contributed by atoms with Crippen LogP contribution in [0.25, 0.3) is 11.1 Å². The number of aromatic carboxylic acids is 1. The summed E-state index contributed by atoms with van der Waals surface area (Å²) in [5.74, 6) is -1.27. The van der Waals surface area contributed by atoms with Gasteiger partial charge < -0.3 is 10.2 Å². The fourth-order valence-corrected chi connectivity index (χ4v) is 1.75. The summed E-state index contributed by atoms with van der Waals surface area (Å²) in [5, 5.41) is 29.2. The summed E-state index contributed by atoms with van der Waals surface area (Å²) in [6.45, 7) is 0. The lowest BCUT2D eigenvalue weighted by Crippen LogP contribution is -2.01. The van der Waals surface area contributed by atoms with Gasteiger partial charge in [-0.25, -0.2) is 4.79 Å².